The number of benzene rings is 2. The fourth-order valence-electron chi connectivity index (χ4n) is 3.66. The number of hydrogen-bond donors (Lipinski definition) is 3. The number of nitrogens with zero attached hydrogens (tertiary/aromatic N) is 1. The molecule has 0 atom stereocenters. The van der Waals surface area contributed by atoms with Crippen LogP contribution in [0.25, 0.3) is 0 Å². The molecule has 156 valence electrons. The van der Waals surface area contributed by atoms with Gasteiger partial charge in [-0.05, 0) is 56.0 Å². The van der Waals surface area contributed by atoms with Gasteiger partial charge in [-0.2, -0.15) is 0 Å². The van der Waals surface area contributed by atoms with Crippen LogP contribution in [0.3, 0.4) is 0 Å². The van der Waals surface area contributed by atoms with Crippen LogP contribution in [0, 0.1) is 6.92 Å². The van der Waals surface area contributed by atoms with Crippen LogP contribution in [-0.2, 0) is 9.59 Å². The third-order valence-corrected chi connectivity index (χ3v) is 5.47. The molecule has 0 aromatic heterocycles. The minimum absolute atomic E-state index is 0.0524. The Morgan fingerprint density at radius 3 is 2.57 bits per heavy atom. The van der Waals surface area contributed by atoms with E-state index in [1.165, 1.54) is 0 Å². The molecule has 1 saturated heterocycles. The van der Waals surface area contributed by atoms with Gasteiger partial charge in [-0.25, -0.2) is 0 Å². The van der Waals surface area contributed by atoms with Gasteiger partial charge in [0.1, 0.15) is 0 Å². The highest BCUT2D eigenvalue weighted by atomic mass is 16.2. The highest BCUT2D eigenvalue weighted by Crippen LogP contribution is 2.30. The predicted octanol–water partition coefficient (Wildman–Crippen LogP) is 3.06. The number of hydrogen-bond acceptors (Lipinski definition) is 4. The molecule has 1 heterocycles. The zero-order chi connectivity index (χ0) is 21.1. The van der Waals surface area contributed by atoms with E-state index in [4.69, 9.17) is 0 Å². The number of para-hydroxylation sites is 1. The third-order valence-electron chi connectivity index (χ3n) is 5.47. The average molecular weight is 406 g/mol. The minimum atomic E-state index is -0.247. The second-order valence-electron chi connectivity index (χ2n) is 7.79. The molecule has 1 aliphatic heterocycles. The van der Waals surface area contributed by atoms with Crippen molar-refractivity contribution in [1.82, 2.24) is 5.32 Å². The highest BCUT2D eigenvalue weighted by molar-refractivity contribution is 6.04. The molecule has 0 spiro atoms. The van der Waals surface area contributed by atoms with E-state index in [0.717, 1.165) is 42.7 Å². The monoisotopic (exact) mass is 406 g/mol. The van der Waals surface area contributed by atoms with Gasteiger partial charge in [0, 0.05) is 30.4 Å². The van der Waals surface area contributed by atoms with Gasteiger partial charge in [-0.1, -0.05) is 18.2 Å². The van der Waals surface area contributed by atoms with Gasteiger partial charge in [0.2, 0.25) is 11.8 Å². The summed E-state index contributed by atoms with van der Waals surface area (Å²) in [6.07, 6.45) is 3.45. The standard InChI is InChI=1S/C23H26N4O3/c1-15-18(8-4-9-20(15)27-13-5-10-22(27)29)24-14-21(28)26-19-7-3-2-6-17(19)23(30)25-16-11-12-16/h2-4,6-9,16,24H,5,10-14H2,1H3,(H,25,30)(H,26,28). The Morgan fingerprint density at radius 2 is 1.83 bits per heavy atom. The van der Waals surface area contributed by atoms with Crippen LogP contribution in [0.15, 0.2) is 42.5 Å². The molecule has 2 aromatic rings. The Bertz CT molecular complexity index is 984. The lowest BCUT2D eigenvalue weighted by Gasteiger charge is -2.21. The van der Waals surface area contributed by atoms with Gasteiger partial charge in [0.15, 0.2) is 0 Å². The molecule has 30 heavy (non-hydrogen) atoms. The molecule has 1 saturated carbocycles. The number of carbonyl (C=O) groups is 3. The maximum absolute atomic E-state index is 12.5. The zero-order valence-corrected chi connectivity index (χ0v) is 17.0. The van der Waals surface area contributed by atoms with Crippen LogP contribution in [0.1, 0.15) is 41.6 Å². The van der Waals surface area contributed by atoms with Crippen molar-refractivity contribution in [3.8, 4) is 0 Å². The van der Waals surface area contributed by atoms with E-state index in [1.54, 1.807) is 29.2 Å². The van der Waals surface area contributed by atoms with Crippen molar-refractivity contribution in [2.45, 2.75) is 38.6 Å². The lowest BCUT2D eigenvalue weighted by atomic mass is 10.1. The van der Waals surface area contributed by atoms with Crippen molar-refractivity contribution in [3.63, 3.8) is 0 Å². The second-order valence-corrected chi connectivity index (χ2v) is 7.79. The van der Waals surface area contributed by atoms with Crippen LogP contribution in [0.5, 0.6) is 0 Å². The Morgan fingerprint density at radius 1 is 1.07 bits per heavy atom. The number of anilines is 3. The maximum Gasteiger partial charge on any atom is 0.253 e. The molecule has 0 bridgehead atoms. The predicted molar refractivity (Wildman–Crippen MR) is 117 cm³/mol. The fraction of sp³-hybridized carbons (Fsp3) is 0.348. The van der Waals surface area contributed by atoms with Crippen molar-refractivity contribution in [2.24, 2.45) is 0 Å². The molecule has 2 fully saturated rings. The summed E-state index contributed by atoms with van der Waals surface area (Å²) < 4.78 is 0. The Balaban J connectivity index is 1.40. The summed E-state index contributed by atoms with van der Waals surface area (Å²) in [4.78, 5) is 38.8. The van der Waals surface area contributed by atoms with E-state index in [2.05, 4.69) is 16.0 Å². The van der Waals surface area contributed by atoms with Crippen LogP contribution in [-0.4, -0.2) is 36.9 Å². The molecule has 0 radical (unpaired) electrons. The first-order valence-electron chi connectivity index (χ1n) is 10.4. The average Bonchev–Trinajstić information content (AvgIpc) is 3.45. The largest absolute Gasteiger partial charge is 0.376 e. The second kappa shape index (κ2) is 8.57. The molecular formula is C23H26N4O3. The van der Waals surface area contributed by atoms with Gasteiger partial charge < -0.3 is 20.9 Å². The van der Waals surface area contributed by atoms with E-state index in [1.807, 2.05) is 25.1 Å². The highest BCUT2D eigenvalue weighted by Gasteiger charge is 2.25. The molecule has 7 nitrogen and oxygen atoms in total. The molecule has 3 N–H and O–H groups in total. The first-order valence-corrected chi connectivity index (χ1v) is 10.4. The summed E-state index contributed by atoms with van der Waals surface area (Å²) in [7, 11) is 0. The van der Waals surface area contributed by atoms with E-state index in [-0.39, 0.29) is 30.3 Å². The van der Waals surface area contributed by atoms with Gasteiger partial charge in [-0.15, -0.1) is 0 Å². The lowest BCUT2D eigenvalue weighted by molar-refractivity contribution is -0.117. The summed E-state index contributed by atoms with van der Waals surface area (Å²) in [5.41, 5.74) is 3.58. The van der Waals surface area contributed by atoms with Gasteiger partial charge in [-0.3, -0.25) is 14.4 Å². The molecule has 2 aliphatic rings. The van der Waals surface area contributed by atoms with Gasteiger partial charge in [0.05, 0.1) is 17.8 Å². The Hall–Kier alpha value is -3.35. The summed E-state index contributed by atoms with van der Waals surface area (Å²) in [6.45, 7) is 2.72. The SMILES string of the molecule is Cc1c(NCC(=O)Nc2ccccc2C(=O)NC2CC2)cccc1N1CCCC1=O. The van der Waals surface area contributed by atoms with E-state index in [0.29, 0.717) is 17.7 Å². The normalized spacial score (nSPS) is 15.8. The molecule has 1 aliphatic carbocycles. The van der Waals surface area contributed by atoms with Crippen molar-refractivity contribution >= 4 is 34.8 Å². The van der Waals surface area contributed by atoms with E-state index in [9.17, 15) is 14.4 Å². The molecule has 2 aromatic carbocycles. The summed E-state index contributed by atoms with van der Waals surface area (Å²) in [6, 6.07) is 13.0. The van der Waals surface area contributed by atoms with Crippen LogP contribution in [0.4, 0.5) is 17.1 Å². The molecule has 0 unspecified atom stereocenters. The smallest absolute Gasteiger partial charge is 0.253 e. The number of amides is 3. The molecular weight excluding hydrogens is 380 g/mol. The maximum atomic E-state index is 12.5. The van der Waals surface area contributed by atoms with Gasteiger partial charge >= 0.3 is 0 Å². The first-order chi connectivity index (χ1) is 14.5. The first kappa shape index (κ1) is 19.9. The number of carbonyl (C=O) groups excluding carboxylic acids is 3. The fourth-order valence-corrected chi connectivity index (χ4v) is 3.66. The number of rotatable bonds is 7. The molecule has 7 heteroatoms. The Kier molecular flexibility index (Phi) is 5.70. The van der Waals surface area contributed by atoms with Crippen molar-refractivity contribution in [3.05, 3.63) is 53.6 Å². The summed E-state index contributed by atoms with van der Waals surface area (Å²) in [5.74, 6) is -0.280. The third kappa shape index (κ3) is 4.45. The summed E-state index contributed by atoms with van der Waals surface area (Å²) in [5, 5.41) is 8.92. The van der Waals surface area contributed by atoms with E-state index >= 15 is 0 Å². The van der Waals surface area contributed by atoms with E-state index < -0.39 is 0 Å². The van der Waals surface area contributed by atoms with Crippen LogP contribution >= 0.6 is 0 Å². The van der Waals surface area contributed by atoms with Gasteiger partial charge in [0.25, 0.3) is 5.91 Å². The molecule has 3 amide bonds. The molecule has 4 rings (SSSR count). The lowest BCUT2D eigenvalue weighted by Crippen LogP contribution is -2.28. The van der Waals surface area contributed by atoms with Crippen LogP contribution < -0.4 is 20.9 Å². The van der Waals surface area contributed by atoms with Crippen molar-refractivity contribution in [2.75, 3.05) is 28.6 Å². The summed E-state index contributed by atoms with van der Waals surface area (Å²) >= 11 is 0. The number of nitrogens with one attached hydrogen (secondary N) is 3. The zero-order valence-electron chi connectivity index (χ0n) is 17.0. The van der Waals surface area contributed by atoms with Crippen LogP contribution in [0.2, 0.25) is 0 Å². The Labute approximate surface area is 175 Å². The van der Waals surface area contributed by atoms with Crippen molar-refractivity contribution in [1.29, 1.82) is 0 Å². The topological polar surface area (TPSA) is 90.5 Å². The minimum Gasteiger partial charge on any atom is -0.376 e. The van der Waals surface area contributed by atoms with Crippen molar-refractivity contribution < 1.29 is 14.4 Å². The quantitative estimate of drug-likeness (QED) is 0.659.